The Bertz CT molecular complexity index is 400. The number of esters is 1. The Morgan fingerprint density at radius 2 is 1.72 bits per heavy atom. The van der Waals surface area contributed by atoms with Gasteiger partial charge in [-0.1, -0.05) is 23.7 Å². The molecule has 0 heterocycles. The second kappa shape index (κ2) is 7.71. The molecule has 0 aromatic heterocycles. The first-order chi connectivity index (χ1) is 8.58. The highest BCUT2D eigenvalue weighted by molar-refractivity contribution is 6.30. The van der Waals surface area contributed by atoms with Gasteiger partial charge >= 0.3 is 11.9 Å². The van der Waals surface area contributed by atoms with Gasteiger partial charge in [-0.3, -0.25) is 9.59 Å². The number of carboxylic acids is 1. The van der Waals surface area contributed by atoms with E-state index in [4.69, 9.17) is 21.4 Å². The lowest BCUT2D eigenvalue weighted by Gasteiger charge is -2.04. The number of ether oxygens (including phenoxy) is 1. The summed E-state index contributed by atoms with van der Waals surface area (Å²) in [4.78, 5) is 21.6. The predicted molar refractivity (Wildman–Crippen MR) is 67.4 cm³/mol. The molecular formula is C13H15ClO4. The molecule has 1 aromatic rings. The summed E-state index contributed by atoms with van der Waals surface area (Å²) < 4.78 is 5.05. The average molecular weight is 271 g/mol. The number of hydrogen-bond acceptors (Lipinski definition) is 3. The highest BCUT2D eigenvalue weighted by Gasteiger charge is 2.04. The van der Waals surface area contributed by atoms with Gasteiger partial charge in [0.15, 0.2) is 0 Å². The summed E-state index contributed by atoms with van der Waals surface area (Å²) in [5.74, 6) is -1.15. The number of benzene rings is 1. The molecule has 1 rings (SSSR count). The van der Waals surface area contributed by atoms with Crippen molar-refractivity contribution in [1.29, 1.82) is 0 Å². The van der Waals surface area contributed by atoms with Crippen LogP contribution in [-0.2, 0) is 20.9 Å². The van der Waals surface area contributed by atoms with Gasteiger partial charge in [0, 0.05) is 17.9 Å². The van der Waals surface area contributed by atoms with Crippen molar-refractivity contribution in [3.8, 4) is 0 Å². The van der Waals surface area contributed by atoms with Crippen molar-refractivity contribution in [1.82, 2.24) is 0 Å². The van der Waals surface area contributed by atoms with Crippen LogP contribution in [0.25, 0.3) is 0 Å². The SMILES string of the molecule is O=C(O)CCCCC(=O)OCc1ccc(Cl)cc1. The molecule has 1 aromatic carbocycles. The van der Waals surface area contributed by atoms with Crippen molar-refractivity contribution >= 4 is 23.5 Å². The molecule has 0 radical (unpaired) electrons. The van der Waals surface area contributed by atoms with Crippen molar-refractivity contribution in [3.63, 3.8) is 0 Å². The maximum Gasteiger partial charge on any atom is 0.306 e. The summed E-state index contributed by atoms with van der Waals surface area (Å²) in [5, 5.41) is 9.06. The smallest absolute Gasteiger partial charge is 0.306 e. The second-order valence-electron chi connectivity index (χ2n) is 3.89. The van der Waals surface area contributed by atoms with Crippen LogP contribution in [0.1, 0.15) is 31.2 Å². The molecule has 0 saturated heterocycles. The van der Waals surface area contributed by atoms with E-state index < -0.39 is 5.97 Å². The van der Waals surface area contributed by atoms with E-state index in [-0.39, 0.29) is 25.4 Å². The van der Waals surface area contributed by atoms with E-state index >= 15 is 0 Å². The Morgan fingerprint density at radius 3 is 2.33 bits per heavy atom. The first-order valence-corrected chi connectivity index (χ1v) is 6.07. The molecule has 0 fully saturated rings. The third-order valence-electron chi connectivity index (χ3n) is 2.33. The van der Waals surface area contributed by atoms with Crippen molar-refractivity contribution < 1.29 is 19.4 Å². The highest BCUT2D eigenvalue weighted by atomic mass is 35.5. The monoisotopic (exact) mass is 270 g/mol. The van der Waals surface area contributed by atoms with Crippen LogP contribution in [0.4, 0.5) is 0 Å². The number of carbonyl (C=O) groups excluding carboxylic acids is 1. The van der Waals surface area contributed by atoms with Gasteiger partial charge in [0.25, 0.3) is 0 Å². The Labute approximate surface area is 111 Å². The average Bonchev–Trinajstić information content (AvgIpc) is 2.34. The lowest BCUT2D eigenvalue weighted by atomic mass is 10.2. The van der Waals surface area contributed by atoms with E-state index in [2.05, 4.69) is 0 Å². The summed E-state index contributed by atoms with van der Waals surface area (Å²) in [5.41, 5.74) is 0.873. The van der Waals surface area contributed by atoms with Crippen molar-refractivity contribution in [3.05, 3.63) is 34.9 Å². The van der Waals surface area contributed by atoms with Gasteiger partial charge in [-0.15, -0.1) is 0 Å². The standard InChI is InChI=1S/C13H15ClO4/c14-11-7-5-10(6-8-11)9-18-13(17)4-2-1-3-12(15)16/h5-8H,1-4,9H2,(H,15,16). The van der Waals surface area contributed by atoms with Crippen LogP contribution < -0.4 is 0 Å². The zero-order chi connectivity index (χ0) is 13.4. The number of carboxylic acid groups (broad SMARTS) is 1. The largest absolute Gasteiger partial charge is 0.481 e. The van der Waals surface area contributed by atoms with Gasteiger partial charge in [0.05, 0.1) is 0 Å². The minimum Gasteiger partial charge on any atom is -0.481 e. The molecule has 1 N–H and O–H groups in total. The van der Waals surface area contributed by atoms with Gasteiger partial charge in [-0.05, 0) is 30.5 Å². The zero-order valence-electron chi connectivity index (χ0n) is 9.89. The van der Waals surface area contributed by atoms with Gasteiger partial charge in [0.1, 0.15) is 6.61 Å². The van der Waals surface area contributed by atoms with Crippen LogP contribution in [0.2, 0.25) is 5.02 Å². The molecule has 5 heteroatoms. The topological polar surface area (TPSA) is 63.6 Å². The van der Waals surface area contributed by atoms with Gasteiger partial charge < -0.3 is 9.84 Å². The number of hydrogen-bond donors (Lipinski definition) is 1. The first kappa shape index (κ1) is 14.5. The van der Waals surface area contributed by atoms with E-state index in [0.717, 1.165) is 5.56 Å². The predicted octanol–water partition coefficient (Wildman–Crippen LogP) is 3.03. The first-order valence-electron chi connectivity index (χ1n) is 5.70. The number of carbonyl (C=O) groups is 2. The normalized spacial score (nSPS) is 10.1. The van der Waals surface area contributed by atoms with Crippen LogP contribution in [-0.4, -0.2) is 17.0 Å². The summed E-state index contributed by atoms with van der Waals surface area (Å²) in [7, 11) is 0. The van der Waals surface area contributed by atoms with Crippen LogP contribution in [0.3, 0.4) is 0 Å². The summed E-state index contributed by atoms with van der Waals surface area (Å²) in [6.07, 6.45) is 1.36. The lowest BCUT2D eigenvalue weighted by molar-refractivity contribution is -0.145. The molecule has 18 heavy (non-hydrogen) atoms. The van der Waals surface area contributed by atoms with Crippen LogP contribution in [0.5, 0.6) is 0 Å². The third kappa shape index (κ3) is 6.25. The third-order valence-corrected chi connectivity index (χ3v) is 2.59. The summed E-state index contributed by atoms with van der Waals surface area (Å²) >= 11 is 5.73. The number of aliphatic carboxylic acids is 1. The second-order valence-corrected chi connectivity index (χ2v) is 4.32. The number of halogens is 1. The van der Waals surface area contributed by atoms with E-state index in [1.165, 1.54) is 0 Å². The molecular weight excluding hydrogens is 256 g/mol. The maximum atomic E-state index is 11.3. The molecule has 0 bridgehead atoms. The fourth-order valence-electron chi connectivity index (χ4n) is 1.36. The Balaban J connectivity index is 2.17. The van der Waals surface area contributed by atoms with E-state index in [0.29, 0.717) is 17.9 Å². The van der Waals surface area contributed by atoms with Crippen molar-refractivity contribution in [2.75, 3.05) is 0 Å². The maximum absolute atomic E-state index is 11.3. The fraction of sp³-hybridized carbons (Fsp3) is 0.385. The van der Waals surface area contributed by atoms with Crippen molar-refractivity contribution in [2.24, 2.45) is 0 Å². The molecule has 0 amide bonds. The lowest BCUT2D eigenvalue weighted by Crippen LogP contribution is -2.04. The molecule has 0 spiro atoms. The molecule has 98 valence electrons. The zero-order valence-corrected chi connectivity index (χ0v) is 10.7. The minimum atomic E-state index is -0.843. The molecule has 0 atom stereocenters. The van der Waals surface area contributed by atoms with E-state index in [1.54, 1.807) is 24.3 Å². The van der Waals surface area contributed by atoms with Gasteiger partial charge in [0.2, 0.25) is 0 Å². The van der Waals surface area contributed by atoms with Crippen LogP contribution in [0.15, 0.2) is 24.3 Å². The van der Waals surface area contributed by atoms with Gasteiger partial charge in [-0.25, -0.2) is 0 Å². The van der Waals surface area contributed by atoms with Crippen LogP contribution in [0, 0.1) is 0 Å². The summed E-state index contributed by atoms with van der Waals surface area (Å²) in [6.45, 7) is 0.217. The molecule has 0 aliphatic carbocycles. The molecule has 0 saturated carbocycles. The van der Waals surface area contributed by atoms with E-state index in [9.17, 15) is 9.59 Å². The number of rotatable bonds is 7. The molecule has 0 unspecified atom stereocenters. The molecule has 4 nitrogen and oxygen atoms in total. The fourth-order valence-corrected chi connectivity index (χ4v) is 1.49. The Kier molecular flexibility index (Phi) is 6.22. The Hall–Kier alpha value is -1.55. The summed E-state index contributed by atoms with van der Waals surface area (Å²) in [6, 6.07) is 7.05. The molecule has 0 aliphatic rings. The minimum absolute atomic E-state index is 0.0878. The quantitative estimate of drug-likeness (QED) is 0.611. The van der Waals surface area contributed by atoms with Crippen molar-refractivity contribution in [2.45, 2.75) is 32.3 Å². The highest BCUT2D eigenvalue weighted by Crippen LogP contribution is 2.11. The van der Waals surface area contributed by atoms with E-state index in [1.807, 2.05) is 0 Å². The van der Waals surface area contributed by atoms with Crippen LogP contribution >= 0.6 is 11.6 Å². The van der Waals surface area contributed by atoms with Gasteiger partial charge in [-0.2, -0.15) is 0 Å². The Morgan fingerprint density at radius 1 is 1.11 bits per heavy atom. The molecule has 0 aliphatic heterocycles. The number of unbranched alkanes of at least 4 members (excludes halogenated alkanes) is 1.